The van der Waals surface area contributed by atoms with Gasteiger partial charge in [-0.3, -0.25) is 0 Å². The molecule has 0 amide bonds. The fraction of sp³-hybridized carbons (Fsp3) is 0.368. The lowest BCUT2D eigenvalue weighted by Gasteiger charge is -2.18. The van der Waals surface area contributed by atoms with Crippen LogP contribution in [0.2, 0.25) is 0 Å². The van der Waals surface area contributed by atoms with E-state index in [0.717, 1.165) is 30.8 Å². The summed E-state index contributed by atoms with van der Waals surface area (Å²) in [6.45, 7) is 2.15. The lowest BCUT2D eigenvalue weighted by molar-refractivity contribution is 0.414. The van der Waals surface area contributed by atoms with E-state index in [4.69, 9.17) is 0 Å². The van der Waals surface area contributed by atoms with Crippen molar-refractivity contribution in [2.75, 3.05) is 6.54 Å². The number of hydrogen-bond acceptors (Lipinski definition) is 1. The van der Waals surface area contributed by atoms with Crippen molar-refractivity contribution in [1.29, 1.82) is 0 Å². The second-order valence-electron chi connectivity index (χ2n) is 6.31. The van der Waals surface area contributed by atoms with Crippen LogP contribution in [0.4, 0.5) is 0 Å². The zero-order valence-corrected chi connectivity index (χ0v) is 11.8. The number of allylic oxidation sites excluding steroid dienone is 2. The molecule has 0 radical (unpaired) electrons. The van der Waals surface area contributed by atoms with Crippen molar-refractivity contribution in [1.82, 2.24) is 5.32 Å². The summed E-state index contributed by atoms with van der Waals surface area (Å²) < 4.78 is 0. The van der Waals surface area contributed by atoms with Crippen LogP contribution in [0.1, 0.15) is 18.4 Å². The number of fused-ring (bicyclic) bond motifs is 3. The first-order valence-electron chi connectivity index (χ1n) is 7.76. The molecule has 3 atom stereocenters. The zero-order chi connectivity index (χ0) is 13.4. The highest BCUT2D eigenvalue weighted by molar-refractivity contribution is 5.85. The molecule has 0 heterocycles. The van der Waals surface area contributed by atoms with Gasteiger partial charge in [0.25, 0.3) is 0 Å². The quantitative estimate of drug-likeness (QED) is 0.817. The van der Waals surface area contributed by atoms with Gasteiger partial charge < -0.3 is 5.32 Å². The molecule has 2 aliphatic carbocycles. The molecular weight excluding hydrogens is 242 g/mol. The fourth-order valence-electron chi connectivity index (χ4n) is 3.97. The van der Waals surface area contributed by atoms with Crippen molar-refractivity contribution in [3.05, 3.63) is 60.2 Å². The van der Waals surface area contributed by atoms with Crippen molar-refractivity contribution in [2.45, 2.75) is 19.4 Å². The number of rotatable bonds is 4. The number of benzene rings is 2. The summed E-state index contributed by atoms with van der Waals surface area (Å²) in [5.41, 5.74) is 1.42. The van der Waals surface area contributed by atoms with E-state index in [2.05, 4.69) is 59.9 Å². The maximum absolute atomic E-state index is 3.69. The average molecular weight is 263 g/mol. The van der Waals surface area contributed by atoms with E-state index >= 15 is 0 Å². The standard InChI is InChI=1S/C19H21N/c1-2-7-19-15(4-1)5-3-6-17(19)12-20-13-18-11-14-8-9-16(18)10-14/h1-9,14,16,18,20H,10-13H2. The van der Waals surface area contributed by atoms with Gasteiger partial charge in [0.2, 0.25) is 0 Å². The smallest absolute Gasteiger partial charge is 0.0211 e. The topological polar surface area (TPSA) is 12.0 Å². The van der Waals surface area contributed by atoms with Crippen LogP contribution < -0.4 is 5.32 Å². The minimum atomic E-state index is 0.847. The van der Waals surface area contributed by atoms with E-state index in [9.17, 15) is 0 Å². The van der Waals surface area contributed by atoms with Gasteiger partial charge in [-0.15, -0.1) is 0 Å². The summed E-state index contributed by atoms with van der Waals surface area (Å²) in [5, 5.41) is 6.41. The molecule has 1 heteroatoms. The van der Waals surface area contributed by atoms with Gasteiger partial charge >= 0.3 is 0 Å². The number of hydrogen-bond donors (Lipinski definition) is 1. The Bertz CT molecular complexity index is 638. The summed E-state index contributed by atoms with van der Waals surface area (Å²) in [6, 6.07) is 15.3. The van der Waals surface area contributed by atoms with Crippen LogP contribution in [0.5, 0.6) is 0 Å². The predicted octanol–water partition coefficient (Wildman–Crippen LogP) is 4.14. The summed E-state index contributed by atoms with van der Waals surface area (Å²) in [5.74, 6) is 2.59. The Morgan fingerprint density at radius 1 is 0.950 bits per heavy atom. The van der Waals surface area contributed by atoms with Crippen LogP contribution in [-0.4, -0.2) is 6.54 Å². The Morgan fingerprint density at radius 3 is 2.70 bits per heavy atom. The van der Waals surface area contributed by atoms with Crippen LogP contribution >= 0.6 is 0 Å². The normalized spacial score (nSPS) is 27.5. The number of nitrogens with one attached hydrogen (secondary N) is 1. The van der Waals surface area contributed by atoms with Crippen molar-refractivity contribution in [3.8, 4) is 0 Å². The van der Waals surface area contributed by atoms with Crippen LogP contribution in [0, 0.1) is 17.8 Å². The third kappa shape index (κ3) is 2.16. The minimum absolute atomic E-state index is 0.847. The third-order valence-corrected chi connectivity index (χ3v) is 5.02. The van der Waals surface area contributed by atoms with Crippen LogP contribution in [0.15, 0.2) is 54.6 Å². The molecule has 102 valence electrons. The molecule has 1 saturated carbocycles. The van der Waals surface area contributed by atoms with Gasteiger partial charge in [0.05, 0.1) is 0 Å². The Balaban J connectivity index is 1.42. The fourth-order valence-corrected chi connectivity index (χ4v) is 3.97. The highest BCUT2D eigenvalue weighted by atomic mass is 14.9. The van der Waals surface area contributed by atoms with E-state index in [1.165, 1.54) is 29.2 Å². The summed E-state index contributed by atoms with van der Waals surface area (Å²) in [4.78, 5) is 0. The van der Waals surface area contributed by atoms with Gasteiger partial charge in [-0.1, -0.05) is 54.6 Å². The Morgan fingerprint density at radius 2 is 1.85 bits per heavy atom. The van der Waals surface area contributed by atoms with Crippen LogP contribution in [0.25, 0.3) is 10.8 Å². The second-order valence-corrected chi connectivity index (χ2v) is 6.31. The first kappa shape index (κ1) is 12.2. The van der Waals surface area contributed by atoms with Gasteiger partial charge in [0.15, 0.2) is 0 Å². The molecule has 20 heavy (non-hydrogen) atoms. The van der Waals surface area contributed by atoms with E-state index in [-0.39, 0.29) is 0 Å². The summed E-state index contributed by atoms with van der Waals surface area (Å²) in [6.07, 6.45) is 7.66. The molecule has 0 aromatic heterocycles. The first-order valence-corrected chi connectivity index (χ1v) is 7.76. The van der Waals surface area contributed by atoms with Crippen LogP contribution in [0.3, 0.4) is 0 Å². The molecule has 0 saturated heterocycles. The lowest BCUT2D eigenvalue weighted by Crippen LogP contribution is -2.25. The minimum Gasteiger partial charge on any atom is -0.312 e. The molecule has 0 aliphatic heterocycles. The molecule has 3 unspecified atom stereocenters. The Hall–Kier alpha value is -1.60. The largest absolute Gasteiger partial charge is 0.312 e. The van der Waals surface area contributed by atoms with E-state index in [1.807, 2.05) is 0 Å². The second kappa shape index (κ2) is 5.06. The van der Waals surface area contributed by atoms with E-state index in [1.54, 1.807) is 0 Å². The van der Waals surface area contributed by atoms with Crippen molar-refractivity contribution in [3.63, 3.8) is 0 Å². The van der Waals surface area contributed by atoms with Crippen LogP contribution in [-0.2, 0) is 6.54 Å². The highest BCUT2D eigenvalue weighted by Crippen LogP contribution is 2.42. The molecular formula is C19H21N. The molecule has 1 fully saturated rings. The van der Waals surface area contributed by atoms with Gasteiger partial charge in [-0.05, 0) is 53.5 Å². The first-order chi connectivity index (χ1) is 9.90. The molecule has 0 spiro atoms. The summed E-state index contributed by atoms with van der Waals surface area (Å²) in [7, 11) is 0. The molecule has 2 aromatic rings. The van der Waals surface area contributed by atoms with E-state index < -0.39 is 0 Å². The molecule has 2 bridgehead atoms. The molecule has 1 nitrogen and oxygen atoms in total. The SMILES string of the molecule is C1=CC2CC1CC2CNCc1cccc2ccccc12. The lowest BCUT2D eigenvalue weighted by atomic mass is 9.93. The van der Waals surface area contributed by atoms with Gasteiger partial charge in [0.1, 0.15) is 0 Å². The third-order valence-electron chi connectivity index (χ3n) is 5.02. The molecule has 1 N–H and O–H groups in total. The van der Waals surface area contributed by atoms with Crippen molar-refractivity contribution < 1.29 is 0 Å². The predicted molar refractivity (Wildman–Crippen MR) is 84.5 cm³/mol. The maximum Gasteiger partial charge on any atom is 0.0211 e. The molecule has 2 aliphatic rings. The van der Waals surface area contributed by atoms with E-state index in [0.29, 0.717) is 0 Å². The maximum atomic E-state index is 3.69. The molecule has 2 aromatic carbocycles. The monoisotopic (exact) mass is 263 g/mol. The molecule has 4 rings (SSSR count). The van der Waals surface area contributed by atoms with Gasteiger partial charge in [0, 0.05) is 6.54 Å². The average Bonchev–Trinajstić information content (AvgIpc) is 3.10. The summed E-state index contributed by atoms with van der Waals surface area (Å²) >= 11 is 0. The Labute approximate surface area is 120 Å². The van der Waals surface area contributed by atoms with Gasteiger partial charge in [-0.25, -0.2) is 0 Å². The zero-order valence-electron chi connectivity index (χ0n) is 11.8. The van der Waals surface area contributed by atoms with Gasteiger partial charge in [-0.2, -0.15) is 0 Å². The van der Waals surface area contributed by atoms with Crippen molar-refractivity contribution in [2.24, 2.45) is 17.8 Å². The van der Waals surface area contributed by atoms with Crippen molar-refractivity contribution >= 4 is 10.8 Å². The Kier molecular flexibility index (Phi) is 3.08. The highest BCUT2D eigenvalue weighted by Gasteiger charge is 2.34.